The van der Waals surface area contributed by atoms with Crippen molar-refractivity contribution < 1.29 is 4.79 Å². The smallest absolute Gasteiger partial charge is 0.255 e. The summed E-state index contributed by atoms with van der Waals surface area (Å²) in [4.78, 5) is 22.8. The molecule has 0 aliphatic carbocycles. The van der Waals surface area contributed by atoms with E-state index in [9.17, 15) is 4.79 Å². The van der Waals surface area contributed by atoms with Crippen LogP contribution >= 0.6 is 0 Å². The zero-order valence-corrected chi connectivity index (χ0v) is 12.7. The summed E-state index contributed by atoms with van der Waals surface area (Å²) in [6.45, 7) is 3.66. The fourth-order valence-corrected chi connectivity index (χ4v) is 2.56. The third-order valence-electron chi connectivity index (χ3n) is 3.84. The molecule has 3 heterocycles. The molecule has 1 amide bonds. The van der Waals surface area contributed by atoms with E-state index in [2.05, 4.69) is 15.3 Å². The van der Waals surface area contributed by atoms with Gasteiger partial charge in [-0.25, -0.2) is 4.98 Å². The molecule has 1 aliphatic rings. The maximum absolute atomic E-state index is 12.4. The third kappa shape index (κ3) is 3.42. The van der Waals surface area contributed by atoms with Gasteiger partial charge in [-0.15, -0.1) is 0 Å². The number of piperidine rings is 1. The zero-order valence-electron chi connectivity index (χ0n) is 12.7. The molecule has 0 saturated carbocycles. The molecule has 0 aromatic carbocycles. The van der Waals surface area contributed by atoms with Crippen molar-refractivity contribution in [2.75, 3.05) is 18.4 Å². The minimum absolute atomic E-state index is 0.0794. The molecule has 1 fully saturated rings. The molecule has 1 aliphatic heterocycles. The van der Waals surface area contributed by atoms with Gasteiger partial charge in [-0.2, -0.15) is 0 Å². The molecule has 114 valence electrons. The van der Waals surface area contributed by atoms with Crippen LogP contribution in [0.5, 0.6) is 0 Å². The van der Waals surface area contributed by atoms with Gasteiger partial charge in [0.2, 0.25) is 0 Å². The van der Waals surface area contributed by atoms with Crippen molar-refractivity contribution in [2.45, 2.75) is 26.2 Å². The highest BCUT2D eigenvalue weighted by Gasteiger charge is 2.18. The Balaban J connectivity index is 1.66. The van der Waals surface area contributed by atoms with Crippen LogP contribution < -0.4 is 5.32 Å². The van der Waals surface area contributed by atoms with Crippen LogP contribution in [0, 0.1) is 6.92 Å². The number of carbonyl (C=O) groups is 1. The molecular formula is C17H20N4O. The van der Waals surface area contributed by atoms with Crippen LogP contribution in [0.2, 0.25) is 0 Å². The van der Waals surface area contributed by atoms with Crippen LogP contribution in [-0.2, 0) is 0 Å². The summed E-state index contributed by atoms with van der Waals surface area (Å²) in [5, 5.41) is 3.18. The summed E-state index contributed by atoms with van der Waals surface area (Å²) in [5.41, 5.74) is 2.50. The second kappa shape index (κ2) is 6.56. The van der Waals surface area contributed by atoms with Crippen molar-refractivity contribution in [1.29, 1.82) is 0 Å². The van der Waals surface area contributed by atoms with Gasteiger partial charge in [0, 0.05) is 25.0 Å². The van der Waals surface area contributed by atoms with Crippen LogP contribution in [0.3, 0.4) is 0 Å². The van der Waals surface area contributed by atoms with Crippen molar-refractivity contribution in [1.82, 2.24) is 14.9 Å². The van der Waals surface area contributed by atoms with Gasteiger partial charge in [-0.3, -0.25) is 9.78 Å². The fourth-order valence-electron chi connectivity index (χ4n) is 2.56. The fraction of sp³-hybridized carbons (Fsp3) is 0.353. The van der Waals surface area contributed by atoms with E-state index in [0.717, 1.165) is 37.3 Å². The first-order chi connectivity index (χ1) is 10.7. The second-order valence-electron chi connectivity index (χ2n) is 5.60. The van der Waals surface area contributed by atoms with Gasteiger partial charge in [0.25, 0.3) is 5.91 Å². The van der Waals surface area contributed by atoms with E-state index in [1.165, 1.54) is 6.42 Å². The molecule has 2 aromatic heterocycles. The molecule has 0 radical (unpaired) electrons. The summed E-state index contributed by atoms with van der Waals surface area (Å²) in [6.07, 6.45) is 6.82. The number of nitrogens with zero attached hydrogens (tertiary/aromatic N) is 3. The average Bonchev–Trinajstić information content (AvgIpc) is 2.58. The second-order valence-corrected chi connectivity index (χ2v) is 5.60. The minimum atomic E-state index is 0.0794. The maximum Gasteiger partial charge on any atom is 0.255 e. The lowest BCUT2D eigenvalue weighted by Gasteiger charge is -2.26. The van der Waals surface area contributed by atoms with E-state index in [4.69, 9.17) is 0 Å². The van der Waals surface area contributed by atoms with E-state index >= 15 is 0 Å². The normalized spacial score (nSPS) is 14.7. The molecule has 2 aromatic rings. The molecule has 5 heteroatoms. The van der Waals surface area contributed by atoms with E-state index in [1.807, 2.05) is 36.1 Å². The SMILES string of the molecule is Cc1ccc(Nc2ccc(C(=O)N3CCCCC3)cn2)cn1. The highest BCUT2D eigenvalue weighted by atomic mass is 16.2. The topological polar surface area (TPSA) is 58.1 Å². The van der Waals surface area contributed by atoms with Crippen molar-refractivity contribution in [3.05, 3.63) is 47.9 Å². The lowest BCUT2D eigenvalue weighted by atomic mass is 10.1. The van der Waals surface area contributed by atoms with Crippen LogP contribution in [-0.4, -0.2) is 33.9 Å². The van der Waals surface area contributed by atoms with Gasteiger partial charge < -0.3 is 10.2 Å². The summed E-state index contributed by atoms with van der Waals surface area (Å²) >= 11 is 0. The summed E-state index contributed by atoms with van der Waals surface area (Å²) in [7, 11) is 0. The first kappa shape index (κ1) is 14.5. The molecule has 3 rings (SSSR count). The lowest BCUT2D eigenvalue weighted by Crippen LogP contribution is -2.35. The van der Waals surface area contributed by atoms with E-state index < -0.39 is 0 Å². The van der Waals surface area contributed by atoms with Crippen LogP contribution in [0.4, 0.5) is 11.5 Å². The Labute approximate surface area is 130 Å². The number of carbonyl (C=O) groups excluding carboxylic acids is 1. The number of pyridine rings is 2. The summed E-state index contributed by atoms with van der Waals surface area (Å²) < 4.78 is 0. The molecule has 1 saturated heterocycles. The summed E-state index contributed by atoms with van der Waals surface area (Å²) in [5.74, 6) is 0.789. The number of hydrogen-bond acceptors (Lipinski definition) is 4. The number of aromatic nitrogens is 2. The molecule has 1 N–H and O–H groups in total. The van der Waals surface area contributed by atoms with Crippen molar-refractivity contribution in [3.8, 4) is 0 Å². The van der Waals surface area contributed by atoms with E-state index in [1.54, 1.807) is 12.4 Å². The summed E-state index contributed by atoms with van der Waals surface area (Å²) in [6, 6.07) is 7.55. The highest BCUT2D eigenvalue weighted by Crippen LogP contribution is 2.16. The van der Waals surface area contributed by atoms with Gasteiger partial charge in [-0.05, 0) is 50.5 Å². The first-order valence-electron chi connectivity index (χ1n) is 7.67. The number of rotatable bonds is 3. The Morgan fingerprint density at radius 3 is 2.50 bits per heavy atom. The predicted molar refractivity (Wildman–Crippen MR) is 86.2 cm³/mol. The molecule has 22 heavy (non-hydrogen) atoms. The van der Waals surface area contributed by atoms with Crippen LogP contribution in [0.15, 0.2) is 36.7 Å². The lowest BCUT2D eigenvalue weighted by molar-refractivity contribution is 0.0724. The van der Waals surface area contributed by atoms with Gasteiger partial charge in [0.15, 0.2) is 0 Å². The number of amides is 1. The largest absolute Gasteiger partial charge is 0.339 e. The van der Waals surface area contributed by atoms with Crippen LogP contribution in [0.1, 0.15) is 35.3 Å². The number of nitrogens with one attached hydrogen (secondary N) is 1. The molecule has 5 nitrogen and oxygen atoms in total. The van der Waals surface area contributed by atoms with Gasteiger partial charge in [0.1, 0.15) is 5.82 Å². The number of anilines is 2. The molecule has 0 atom stereocenters. The monoisotopic (exact) mass is 296 g/mol. The van der Waals surface area contributed by atoms with Gasteiger partial charge in [0.05, 0.1) is 17.4 Å². The molecule has 0 spiro atoms. The van der Waals surface area contributed by atoms with Crippen molar-refractivity contribution in [3.63, 3.8) is 0 Å². The predicted octanol–water partition coefficient (Wildman–Crippen LogP) is 3.15. The Hall–Kier alpha value is -2.43. The number of aryl methyl sites for hydroxylation is 1. The Kier molecular flexibility index (Phi) is 4.32. The Bertz CT molecular complexity index is 631. The van der Waals surface area contributed by atoms with Crippen LogP contribution in [0.25, 0.3) is 0 Å². The molecule has 0 bridgehead atoms. The highest BCUT2D eigenvalue weighted by molar-refractivity contribution is 5.94. The van der Waals surface area contributed by atoms with Crippen molar-refractivity contribution >= 4 is 17.4 Å². The van der Waals surface area contributed by atoms with E-state index in [0.29, 0.717) is 11.4 Å². The Morgan fingerprint density at radius 2 is 1.86 bits per heavy atom. The molecular weight excluding hydrogens is 276 g/mol. The maximum atomic E-state index is 12.4. The minimum Gasteiger partial charge on any atom is -0.339 e. The Morgan fingerprint density at radius 1 is 1.05 bits per heavy atom. The third-order valence-corrected chi connectivity index (χ3v) is 3.84. The number of hydrogen-bond donors (Lipinski definition) is 1. The van der Waals surface area contributed by atoms with E-state index in [-0.39, 0.29) is 5.91 Å². The first-order valence-corrected chi connectivity index (χ1v) is 7.67. The van der Waals surface area contributed by atoms with Gasteiger partial charge in [-0.1, -0.05) is 0 Å². The standard InChI is InChI=1S/C17H20N4O/c1-13-5-7-15(12-18-13)20-16-8-6-14(11-19-16)17(22)21-9-3-2-4-10-21/h5-8,11-12H,2-4,9-10H2,1H3,(H,19,20). The average molecular weight is 296 g/mol. The zero-order chi connectivity index (χ0) is 15.4. The number of likely N-dealkylation sites (tertiary alicyclic amines) is 1. The van der Waals surface area contributed by atoms with Gasteiger partial charge >= 0.3 is 0 Å². The molecule has 0 unspecified atom stereocenters. The van der Waals surface area contributed by atoms with Crippen molar-refractivity contribution in [2.24, 2.45) is 0 Å². The quantitative estimate of drug-likeness (QED) is 0.945.